The molecule has 0 aliphatic rings. The van der Waals surface area contributed by atoms with Crippen LogP contribution in [0.4, 0.5) is 0 Å². The third-order valence-corrected chi connectivity index (χ3v) is 3.68. The largest absolute Gasteiger partial charge is 0.497 e. The smallest absolute Gasteiger partial charge is 0.258 e. The Morgan fingerprint density at radius 1 is 0.963 bits per heavy atom. The molecule has 0 radical (unpaired) electrons. The molecule has 0 atom stereocenters. The predicted octanol–water partition coefficient (Wildman–Crippen LogP) is 3.58. The summed E-state index contributed by atoms with van der Waals surface area (Å²) in [5.41, 5.74) is 0.957. The van der Waals surface area contributed by atoms with Gasteiger partial charge in [0.25, 0.3) is 5.91 Å². The Kier molecular flexibility index (Phi) is 6.25. The minimum Gasteiger partial charge on any atom is -0.497 e. The topological polar surface area (TPSA) is 69.7 Å². The van der Waals surface area contributed by atoms with Gasteiger partial charge in [0.1, 0.15) is 17.2 Å². The summed E-state index contributed by atoms with van der Waals surface area (Å²) in [6.07, 6.45) is 1.66. The number of hydrogen-bond donors (Lipinski definition) is 1. The third-order valence-electron chi connectivity index (χ3n) is 3.68. The molecule has 138 valence electrons. The molecule has 1 aromatic heterocycles. The highest BCUT2D eigenvalue weighted by Crippen LogP contribution is 2.22. The molecule has 6 heteroatoms. The number of nitrogens with zero attached hydrogens (tertiary/aromatic N) is 1. The molecule has 0 aliphatic carbocycles. The Bertz CT molecular complexity index is 867. The summed E-state index contributed by atoms with van der Waals surface area (Å²) in [6.45, 7) is 0.348. The molecule has 0 fully saturated rings. The van der Waals surface area contributed by atoms with Crippen molar-refractivity contribution in [1.29, 1.82) is 0 Å². The summed E-state index contributed by atoms with van der Waals surface area (Å²) >= 11 is 0. The number of hydrogen-bond acceptors (Lipinski definition) is 5. The minimum absolute atomic E-state index is 0.0651. The van der Waals surface area contributed by atoms with Crippen molar-refractivity contribution < 1.29 is 19.0 Å². The molecule has 3 rings (SSSR count). The minimum atomic E-state index is -0.202. The molecule has 0 saturated carbocycles. The number of rotatable bonds is 8. The normalized spacial score (nSPS) is 10.1. The van der Waals surface area contributed by atoms with Crippen molar-refractivity contribution in [3.05, 3.63) is 78.5 Å². The Labute approximate surface area is 157 Å². The molecule has 3 aromatic rings. The van der Waals surface area contributed by atoms with E-state index >= 15 is 0 Å². The number of nitrogens with one attached hydrogen (secondary N) is 1. The van der Waals surface area contributed by atoms with Crippen molar-refractivity contribution in [2.45, 2.75) is 6.54 Å². The van der Waals surface area contributed by atoms with E-state index in [4.69, 9.17) is 14.2 Å². The van der Waals surface area contributed by atoms with Crippen LogP contribution in [0.25, 0.3) is 0 Å². The lowest BCUT2D eigenvalue weighted by Crippen LogP contribution is -2.28. The molecular formula is C21H20N2O4. The zero-order chi connectivity index (χ0) is 18.9. The Hall–Kier alpha value is -3.54. The van der Waals surface area contributed by atoms with E-state index in [1.807, 2.05) is 36.4 Å². The van der Waals surface area contributed by atoms with Gasteiger partial charge in [0.2, 0.25) is 5.88 Å². The molecule has 1 N–H and O–H groups in total. The molecule has 0 aliphatic heterocycles. The molecule has 0 saturated heterocycles. The van der Waals surface area contributed by atoms with Crippen LogP contribution in [0.1, 0.15) is 5.56 Å². The van der Waals surface area contributed by atoms with Gasteiger partial charge in [-0.25, -0.2) is 4.98 Å². The van der Waals surface area contributed by atoms with Gasteiger partial charge in [-0.3, -0.25) is 4.79 Å². The highest BCUT2D eigenvalue weighted by Gasteiger charge is 2.04. The number of amides is 1. The van der Waals surface area contributed by atoms with Crippen LogP contribution >= 0.6 is 0 Å². The van der Waals surface area contributed by atoms with Gasteiger partial charge in [0.05, 0.1) is 7.11 Å². The van der Waals surface area contributed by atoms with E-state index in [1.54, 1.807) is 43.6 Å². The van der Waals surface area contributed by atoms with E-state index in [0.29, 0.717) is 23.9 Å². The maximum atomic E-state index is 12.0. The standard InChI is InChI=1S/C21H20N2O4/c1-25-19-6-4-5-16(13-19)14-23-20(24)15-26-17-8-10-18(11-9-17)27-21-7-2-3-12-22-21/h2-13H,14-15H2,1H3,(H,23,24). The first kappa shape index (κ1) is 18.3. The fraction of sp³-hybridized carbons (Fsp3) is 0.143. The maximum Gasteiger partial charge on any atom is 0.258 e. The third kappa shape index (κ3) is 5.74. The van der Waals surface area contributed by atoms with Gasteiger partial charge >= 0.3 is 0 Å². The van der Waals surface area contributed by atoms with Crippen LogP contribution in [0.5, 0.6) is 23.1 Å². The van der Waals surface area contributed by atoms with Crippen LogP contribution in [0.2, 0.25) is 0 Å². The second-order valence-electron chi connectivity index (χ2n) is 5.66. The lowest BCUT2D eigenvalue weighted by Gasteiger charge is -2.09. The Balaban J connectivity index is 1.44. The first-order chi connectivity index (χ1) is 13.2. The van der Waals surface area contributed by atoms with Crippen molar-refractivity contribution in [1.82, 2.24) is 10.3 Å². The number of ether oxygens (including phenoxy) is 3. The first-order valence-corrected chi connectivity index (χ1v) is 8.44. The molecule has 0 bridgehead atoms. The van der Waals surface area contributed by atoms with E-state index in [2.05, 4.69) is 10.3 Å². The van der Waals surface area contributed by atoms with Crippen LogP contribution in [-0.2, 0) is 11.3 Å². The summed E-state index contributed by atoms with van der Waals surface area (Å²) in [5.74, 6) is 2.30. The van der Waals surface area contributed by atoms with Gasteiger partial charge in [-0.15, -0.1) is 0 Å². The zero-order valence-corrected chi connectivity index (χ0v) is 14.9. The van der Waals surface area contributed by atoms with Gasteiger partial charge < -0.3 is 19.5 Å². The molecule has 1 amide bonds. The number of aromatic nitrogens is 1. The fourth-order valence-electron chi connectivity index (χ4n) is 2.32. The second-order valence-corrected chi connectivity index (χ2v) is 5.66. The molecule has 2 aromatic carbocycles. The molecular weight excluding hydrogens is 344 g/mol. The number of carbonyl (C=O) groups excluding carboxylic acids is 1. The predicted molar refractivity (Wildman–Crippen MR) is 101 cm³/mol. The molecule has 27 heavy (non-hydrogen) atoms. The monoisotopic (exact) mass is 364 g/mol. The van der Waals surface area contributed by atoms with E-state index in [1.165, 1.54) is 0 Å². The SMILES string of the molecule is COc1cccc(CNC(=O)COc2ccc(Oc3ccccn3)cc2)c1. The van der Waals surface area contributed by atoms with E-state index in [9.17, 15) is 4.79 Å². The van der Waals surface area contributed by atoms with E-state index < -0.39 is 0 Å². The van der Waals surface area contributed by atoms with Crippen LogP contribution < -0.4 is 19.5 Å². The number of pyridine rings is 1. The lowest BCUT2D eigenvalue weighted by atomic mass is 10.2. The summed E-state index contributed by atoms with van der Waals surface area (Å²) in [5, 5.41) is 2.81. The summed E-state index contributed by atoms with van der Waals surface area (Å²) in [4.78, 5) is 16.0. The van der Waals surface area contributed by atoms with E-state index in [-0.39, 0.29) is 12.5 Å². The van der Waals surface area contributed by atoms with Crippen molar-refractivity contribution in [3.8, 4) is 23.1 Å². The summed E-state index contributed by atoms with van der Waals surface area (Å²) in [7, 11) is 1.61. The average molecular weight is 364 g/mol. The van der Waals surface area contributed by atoms with Crippen molar-refractivity contribution in [3.63, 3.8) is 0 Å². The average Bonchev–Trinajstić information content (AvgIpc) is 2.72. The van der Waals surface area contributed by atoms with Crippen molar-refractivity contribution in [2.75, 3.05) is 13.7 Å². The van der Waals surface area contributed by atoms with Crippen molar-refractivity contribution in [2.24, 2.45) is 0 Å². The molecule has 6 nitrogen and oxygen atoms in total. The van der Waals surface area contributed by atoms with Gasteiger partial charge in [-0.05, 0) is 48.0 Å². The first-order valence-electron chi connectivity index (χ1n) is 8.44. The quantitative estimate of drug-likeness (QED) is 0.662. The van der Waals surface area contributed by atoms with Crippen molar-refractivity contribution >= 4 is 5.91 Å². The van der Waals surface area contributed by atoms with Crippen LogP contribution in [0.3, 0.4) is 0 Å². The highest BCUT2D eigenvalue weighted by molar-refractivity contribution is 5.77. The van der Waals surface area contributed by atoms with Crippen LogP contribution in [-0.4, -0.2) is 24.6 Å². The van der Waals surface area contributed by atoms with Gasteiger partial charge in [-0.2, -0.15) is 0 Å². The number of benzene rings is 2. The van der Waals surface area contributed by atoms with Crippen LogP contribution in [0, 0.1) is 0 Å². The Morgan fingerprint density at radius 3 is 2.52 bits per heavy atom. The molecule has 0 unspecified atom stereocenters. The fourth-order valence-corrected chi connectivity index (χ4v) is 2.32. The maximum absolute atomic E-state index is 12.0. The van der Waals surface area contributed by atoms with Gasteiger partial charge in [-0.1, -0.05) is 18.2 Å². The zero-order valence-electron chi connectivity index (χ0n) is 14.9. The molecule has 1 heterocycles. The van der Waals surface area contributed by atoms with Crippen LogP contribution in [0.15, 0.2) is 72.9 Å². The molecule has 0 spiro atoms. The highest BCUT2D eigenvalue weighted by atomic mass is 16.5. The number of carbonyl (C=O) groups is 1. The van der Waals surface area contributed by atoms with E-state index in [0.717, 1.165) is 11.3 Å². The second kappa shape index (κ2) is 9.24. The summed E-state index contributed by atoms with van der Waals surface area (Å²) in [6, 6.07) is 20.0. The Morgan fingerprint density at radius 2 is 1.78 bits per heavy atom. The van der Waals surface area contributed by atoms with Gasteiger partial charge in [0.15, 0.2) is 6.61 Å². The number of methoxy groups -OCH3 is 1. The van der Waals surface area contributed by atoms with Gasteiger partial charge in [0, 0.05) is 18.8 Å². The summed E-state index contributed by atoms with van der Waals surface area (Å²) < 4.78 is 16.3. The lowest BCUT2D eigenvalue weighted by molar-refractivity contribution is -0.123.